The summed E-state index contributed by atoms with van der Waals surface area (Å²) in [4.78, 5) is 25.4. The van der Waals surface area contributed by atoms with Crippen LogP contribution in [-0.2, 0) is 20.9 Å². The van der Waals surface area contributed by atoms with E-state index < -0.39 is 11.2 Å². The molecule has 29 heavy (non-hydrogen) atoms. The molecule has 1 amide bonds. The van der Waals surface area contributed by atoms with Crippen LogP contribution in [0.25, 0.3) is 0 Å². The van der Waals surface area contributed by atoms with Crippen molar-refractivity contribution in [1.29, 1.82) is 0 Å². The lowest BCUT2D eigenvalue weighted by molar-refractivity contribution is -0.145. The lowest BCUT2D eigenvalue weighted by Crippen LogP contribution is -2.31. The van der Waals surface area contributed by atoms with Crippen molar-refractivity contribution < 1.29 is 23.8 Å². The molecule has 0 aliphatic carbocycles. The van der Waals surface area contributed by atoms with E-state index in [9.17, 15) is 9.59 Å². The molecule has 9 heteroatoms. The molecule has 0 aromatic heterocycles. The Hall–Kier alpha value is -2.09. The highest BCUT2D eigenvalue weighted by Crippen LogP contribution is 2.39. The molecule has 0 saturated carbocycles. The molecular weight excluding hydrogens is 437 g/mol. The van der Waals surface area contributed by atoms with Crippen molar-refractivity contribution in [1.82, 2.24) is 0 Å². The molecular formula is C20H17Cl2NO5S. The molecule has 1 unspecified atom stereocenters. The summed E-state index contributed by atoms with van der Waals surface area (Å²) in [6.07, 6.45) is 0.725. The summed E-state index contributed by atoms with van der Waals surface area (Å²) in [7, 11) is 0. The van der Waals surface area contributed by atoms with Crippen molar-refractivity contribution in [2.45, 2.75) is 29.6 Å². The first-order valence-electron chi connectivity index (χ1n) is 9.00. The zero-order valence-electron chi connectivity index (χ0n) is 15.2. The van der Waals surface area contributed by atoms with Gasteiger partial charge in [0.1, 0.15) is 6.61 Å². The second-order valence-electron chi connectivity index (χ2n) is 6.56. The third-order valence-corrected chi connectivity index (χ3v) is 6.17. The van der Waals surface area contributed by atoms with Gasteiger partial charge >= 0.3 is 5.97 Å². The van der Waals surface area contributed by atoms with Crippen LogP contribution in [0.1, 0.15) is 18.4 Å². The Kier molecular flexibility index (Phi) is 6.08. The van der Waals surface area contributed by atoms with Gasteiger partial charge < -0.3 is 19.5 Å². The fourth-order valence-electron chi connectivity index (χ4n) is 3.00. The molecule has 1 atom stereocenters. The van der Waals surface area contributed by atoms with Gasteiger partial charge in [0, 0.05) is 16.3 Å². The van der Waals surface area contributed by atoms with E-state index in [0.717, 1.165) is 11.3 Å². The first kappa shape index (κ1) is 20.2. The van der Waals surface area contributed by atoms with Crippen LogP contribution in [0.2, 0.25) is 10.0 Å². The van der Waals surface area contributed by atoms with Crippen LogP contribution in [0.4, 0.5) is 5.69 Å². The maximum Gasteiger partial charge on any atom is 0.307 e. The van der Waals surface area contributed by atoms with Crippen LogP contribution < -0.4 is 14.8 Å². The van der Waals surface area contributed by atoms with E-state index in [1.165, 1.54) is 11.8 Å². The van der Waals surface area contributed by atoms with Gasteiger partial charge in [0.15, 0.2) is 11.5 Å². The number of benzene rings is 2. The molecule has 0 spiro atoms. The maximum atomic E-state index is 12.3. The number of amides is 1. The smallest absolute Gasteiger partial charge is 0.307 e. The Morgan fingerprint density at radius 2 is 2.03 bits per heavy atom. The van der Waals surface area contributed by atoms with E-state index in [4.69, 9.17) is 37.4 Å². The first-order chi connectivity index (χ1) is 14.0. The Labute approximate surface area is 181 Å². The van der Waals surface area contributed by atoms with Crippen LogP contribution in [0.3, 0.4) is 0 Å². The van der Waals surface area contributed by atoms with Crippen molar-refractivity contribution in [3.8, 4) is 11.5 Å². The van der Waals surface area contributed by atoms with Crippen LogP contribution in [-0.4, -0.2) is 30.3 Å². The number of anilines is 1. The lowest BCUT2D eigenvalue weighted by Gasteiger charge is -2.23. The number of ether oxygens (including phenoxy) is 3. The van der Waals surface area contributed by atoms with E-state index in [2.05, 4.69) is 5.32 Å². The summed E-state index contributed by atoms with van der Waals surface area (Å²) in [5.41, 5.74) is 1.34. The van der Waals surface area contributed by atoms with Crippen LogP contribution in [0, 0.1) is 0 Å². The van der Waals surface area contributed by atoms with Gasteiger partial charge in [-0.3, -0.25) is 9.59 Å². The van der Waals surface area contributed by atoms with Gasteiger partial charge in [-0.2, -0.15) is 0 Å². The van der Waals surface area contributed by atoms with E-state index in [1.807, 2.05) is 6.07 Å². The van der Waals surface area contributed by atoms with Crippen LogP contribution in [0.5, 0.6) is 11.5 Å². The summed E-state index contributed by atoms with van der Waals surface area (Å²) in [5, 5.41) is 3.16. The number of esters is 1. The number of fused-ring (bicyclic) bond motifs is 2. The summed E-state index contributed by atoms with van der Waals surface area (Å²) < 4.78 is 16.6. The minimum Gasteiger partial charge on any atom is -0.489 e. The number of carbonyl (C=O) groups excluding carboxylic acids is 2. The molecule has 0 radical (unpaired) electrons. The summed E-state index contributed by atoms with van der Waals surface area (Å²) in [6, 6.07) is 8.68. The molecule has 6 nitrogen and oxygen atoms in total. The highest BCUT2D eigenvalue weighted by Gasteiger charge is 2.29. The number of halogens is 2. The molecule has 152 valence electrons. The minimum atomic E-state index is -0.566. The molecule has 0 fully saturated rings. The van der Waals surface area contributed by atoms with Gasteiger partial charge in [0.2, 0.25) is 5.91 Å². The average Bonchev–Trinajstić information content (AvgIpc) is 2.93. The number of hydrogen-bond donors (Lipinski definition) is 1. The Morgan fingerprint density at radius 3 is 2.90 bits per heavy atom. The van der Waals surface area contributed by atoms with Crippen molar-refractivity contribution in [3.63, 3.8) is 0 Å². The van der Waals surface area contributed by atoms with E-state index in [1.54, 1.807) is 24.3 Å². The van der Waals surface area contributed by atoms with E-state index >= 15 is 0 Å². The quantitative estimate of drug-likeness (QED) is 0.676. The van der Waals surface area contributed by atoms with Gasteiger partial charge in [0.25, 0.3) is 0 Å². The van der Waals surface area contributed by atoms with Gasteiger partial charge in [0.05, 0.1) is 35.6 Å². The number of rotatable bonds is 4. The maximum absolute atomic E-state index is 12.3. The van der Waals surface area contributed by atoms with Crippen LogP contribution in [0.15, 0.2) is 35.2 Å². The van der Waals surface area contributed by atoms with Crippen molar-refractivity contribution >= 4 is 52.5 Å². The normalized spacial score (nSPS) is 17.7. The third kappa shape index (κ3) is 4.74. The molecule has 1 N–H and O–H groups in total. The molecule has 2 aliphatic rings. The first-order valence-corrected chi connectivity index (χ1v) is 10.6. The molecule has 2 aromatic rings. The third-order valence-electron chi connectivity index (χ3n) is 4.37. The predicted octanol–water partition coefficient (Wildman–Crippen LogP) is 4.70. The van der Waals surface area contributed by atoms with E-state index in [-0.39, 0.29) is 18.9 Å². The lowest BCUT2D eigenvalue weighted by atomic mass is 10.2. The minimum absolute atomic E-state index is 0.0282. The summed E-state index contributed by atoms with van der Waals surface area (Å²) in [5.74, 6) is 0.324. The number of thioether (sulfide) groups is 1. The highest BCUT2D eigenvalue weighted by atomic mass is 35.5. The molecule has 0 bridgehead atoms. The Bertz CT molecular complexity index is 968. The topological polar surface area (TPSA) is 73.9 Å². The van der Waals surface area contributed by atoms with Crippen molar-refractivity contribution in [2.75, 3.05) is 18.5 Å². The monoisotopic (exact) mass is 453 g/mol. The largest absolute Gasteiger partial charge is 0.489 e. The van der Waals surface area contributed by atoms with Gasteiger partial charge in [-0.25, -0.2) is 0 Å². The van der Waals surface area contributed by atoms with Gasteiger partial charge in [-0.05, 0) is 35.9 Å². The zero-order chi connectivity index (χ0) is 20.4. The highest BCUT2D eigenvalue weighted by molar-refractivity contribution is 8.01. The molecule has 0 saturated heterocycles. The van der Waals surface area contributed by atoms with E-state index in [0.29, 0.717) is 46.0 Å². The average molecular weight is 454 g/mol. The second kappa shape index (κ2) is 8.73. The Morgan fingerprint density at radius 1 is 1.21 bits per heavy atom. The SMILES string of the molecule is O=C(CC1Sc2ccc(Cl)cc2NC1=O)OCc1cc(Cl)c2c(c1)OCCCO2. The Balaban J connectivity index is 1.37. The van der Waals surface area contributed by atoms with Gasteiger partial charge in [-0.15, -0.1) is 11.8 Å². The molecule has 2 aliphatic heterocycles. The number of carbonyl (C=O) groups is 2. The fourth-order valence-corrected chi connectivity index (χ4v) is 4.53. The molecule has 2 aromatic carbocycles. The molecule has 2 heterocycles. The predicted molar refractivity (Wildman–Crippen MR) is 111 cm³/mol. The molecule has 4 rings (SSSR count). The van der Waals surface area contributed by atoms with Crippen LogP contribution >= 0.6 is 35.0 Å². The summed E-state index contributed by atoms with van der Waals surface area (Å²) >= 11 is 13.5. The zero-order valence-corrected chi connectivity index (χ0v) is 17.5. The summed E-state index contributed by atoms with van der Waals surface area (Å²) in [6.45, 7) is 1.10. The van der Waals surface area contributed by atoms with Gasteiger partial charge in [-0.1, -0.05) is 23.2 Å². The number of nitrogens with one attached hydrogen (secondary N) is 1. The van der Waals surface area contributed by atoms with Crippen molar-refractivity contribution in [3.05, 3.63) is 45.9 Å². The standard InChI is InChI=1S/C20H17Cl2NO5S/c21-12-2-3-16-14(8-12)23-20(25)17(29-16)9-18(24)28-10-11-6-13(22)19-15(7-11)26-4-1-5-27-19/h2-3,6-8,17H,1,4-5,9-10H2,(H,23,25). The fraction of sp³-hybridized carbons (Fsp3) is 0.300. The second-order valence-corrected chi connectivity index (χ2v) is 8.64. The number of hydrogen-bond acceptors (Lipinski definition) is 6. The van der Waals surface area contributed by atoms with Crippen molar-refractivity contribution in [2.24, 2.45) is 0 Å².